The maximum absolute atomic E-state index is 5.99. The monoisotopic (exact) mass is 341 g/mol. The second-order valence-electron chi connectivity index (χ2n) is 7.41. The van der Waals surface area contributed by atoms with Crippen molar-refractivity contribution in [2.45, 2.75) is 26.4 Å². The zero-order chi connectivity index (χ0) is 17.6. The molecule has 1 fully saturated rings. The van der Waals surface area contributed by atoms with Crippen molar-refractivity contribution in [1.29, 1.82) is 0 Å². The van der Waals surface area contributed by atoms with Gasteiger partial charge in [0.2, 0.25) is 0 Å². The van der Waals surface area contributed by atoms with Gasteiger partial charge in [0.05, 0.1) is 6.54 Å². The summed E-state index contributed by atoms with van der Waals surface area (Å²) >= 11 is 0. The zero-order valence-corrected chi connectivity index (χ0v) is 15.7. The molecule has 0 amide bonds. The van der Waals surface area contributed by atoms with Crippen molar-refractivity contribution in [3.05, 3.63) is 48.2 Å². The van der Waals surface area contributed by atoms with Crippen molar-refractivity contribution in [3.63, 3.8) is 0 Å². The van der Waals surface area contributed by atoms with E-state index in [9.17, 15) is 0 Å². The molecule has 1 aliphatic rings. The smallest absolute Gasteiger partial charge is 0.134 e. The lowest BCUT2D eigenvalue weighted by Crippen LogP contribution is -2.53. The third kappa shape index (κ3) is 4.94. The van der Waals surface area contributed by atoms with Crippen molar-refractivity contribution < 1.29 is 4.42 Å². The molecule has 2 heterocycles. The summed E-state index contributed by atoms with van der Waals surface area (Å²) in [4.78, 5) is 5.05. The van der Waals surface area contributed by atoms with Gasteiger partial charge in [0.1, 0.15) is 11.5 Å². The van der Waals surface area contributed by atoms with E-state index in [-0.39, 0.29) is 0 Å². The van der Waals surface area contributed by atoms with Gasteiger partial charge < -0.3 is 14.6 Å². The second kappa shape index (κ2) is 8.65. The lowest BCUT2D eigenvalue weighted by molar-refractivity contribution is 0.0872. The number of hydrogen-bond donors (Lipinski definition) is 1. The normalized spacial score (nSPS) is 17.9. The number of likely N-dealkylation sites (N-methyl/N-ethyl adjacent to an activating group) is 1. The summed E-state index contributed by atoms with van der Waals surface area (Å²) in [5.41, 5.74) is 1.13. The van der Waals surface area contributed by atoms with Crippen LogP contribution in [0.5, 0.6) is 0 Å². The molecule has 4 nitrogen and oxygen atoms in total. The van der Waals surface area contributed by atoms with Crippen LogP contribution in [0.2, 0.25) is 0 Å². The van der Waals surface area contributed by atoms with E-state index in [2.05, 4.69) is 60.3 Å². The first-order valence-corrected chi connectivity index (χ1v) is 9.41. The van der Waals surface area contributed by atoms with E-state index in [0.29, 0.717) is 12.0 Å². The van der Waals surface area contributed by atoms with Crippen LogP contribution in [0.4, 0.5) is 0 Å². The Morgan fingerprint density at radius 2 is 1.72 bits per heavy atom. The first kappa shape index (κ1) is 18.2. The fourth-order valence-electron chi connectivity index (χ4n) is 3.51. The molecule has 0 radical (unpaired) electrons. The number of piperazine rings is 1. The van der Waals surface area contributed by atoms with Crippen LogP contribution in [0.25, 0.3) is 11.3 Å². The molecule has 2 aromatic rings. The van der Waals surface area contributed by atoms with Crippen LogP contribution < -0.4 is 5.32 Å². The van der Waals surface area contributed by atoms with Crippen LogP contribution >= 0.6 is 0 Å². The number of benzene rings is 1. The third-order valence-electron chi connectivity index (χ3n) is 5.15. The van der Waals surface area contributed by atoms with Gasteiger partial charge >= 0.3 is 0 Å². The van der Waals surface area contributed by atoms with Crippen LogP contribution in [0, 0.1) is 5.92 Å². The Kier molecular flexibility index (Phi) is 6.29. The first-order valence-electron chi connectivity index (χ1n) is 9.41. The van der Waals surface area contributed by atoms with E-state index in [1.165, 1.54) is 26.2 Å². The summed E-state index contributed by atoms with van der Waals surface area (Å²) in [6.07, 6.45) is 0. The van der Waals surface area contributed by atoms with E-state index < -0.39 is 0 Å². The maximum Gasteiger partial charge on any atom is 0.134 e. The Bertz CT molecular complexity index is 630. The van der Waals surface area contributed by atoms with Crippen LogP contribution in [0.3, 0.4) is 0 Å². The molecule has 1 atom stereocenters. The van der Waals surface area contributed by atoms with Gasteiger partial charge in [-0.3, -0.25) is 4.90 Å². The quantitative estimate of drug-likeness (QED) is 0.837. The Labute approximate surface area is 151 Å². The molecule has 0 aliphatic carbocycles. The topological polar surface area (TPSA) is 31.7 Å². The molecule has 25 heavy (non-hydrogen) atoms. The molecule has 4 heteroatoms. The summed E-state index contributed by atoms with van der Waals surface area (Å²) in [5.74, 6) is 2.59. The fraction of sp³-hybridized carbons (Fsp3) is 0.524. The fourth-order valence-corrected chi connectivity index (χ4v) is 3.51. The molecule has 3 rings (SSSR count). The molecule has 1 aromatic heterocycles. The highest BCUT2D eigenvalue weighted by atomic mass is 16.3. The number of nitrogens with zero attached hydrogens (tertiary/aromatic N) is 2. The van der Waals surface area contributed by atoms with Crippen molar-refractivity contribution in [3.8, 4) is 11.3 Å². The summed E-state index contributed by atoms with van der Waals surface area (Å²) in [6, 6.07) is 15.0. The highest BCUT2D eigenvalue weighted by Crippen LogP contribution is 2.21. The van der Waals surface area contributed by atoms with Crippen LogP contribution in [0.15, 0.2) is 46.9 Å². The lowest BCUT2D eigenvalue weighted by Gasteiger charge is -2.40. The minimum atomic E-state index is 0.581. The molecule has 0 saturated carbocycles. The highest BCUT2D eigenvalue weighted by molar-refractivity contribution is 5.57. The summed E-state index contributed by atoms with van der Waals surface area (Å²) in [7, 11) is 2.21. The van der Waals surface area contributed by atoms with Gasteiger partial charge in [-0.15, -0.1) is 0 Å². The maximum atomic E-state index is 5.99. The molecule has 0 spiro atoms. The molecule has 1 unspecified atom stereocenters. The average Bonchev–Trinajstić information content (AvgIpc) is 3.09. The van der Waals surface area contributed by atoms with Gasteiger partial charge in [0, 0.05) is 44.3 Å². The van der Waals surface area contributed by atoms with E-state index in [1.54, 1.807) is 0 Å². The van der Waals surface area contributed by atoms with Gasteiger partial charge in [-0.25, -0.2) is 0 Å². The van der Waals surface area contributed by atoms with Gasteiger partial charge in [-0.05, 0) is 25.1 Å². The van der Waals surface area contributed by atoms with Crippen LogP contribution in [-0.2, 0) is 6.54 Å². The molecule has 1 saturated heterocycles. The van der Waals surface area contributed by atoms with Crippen LogP contribution in [0.1, 0.15) is 19.6 Å². The Morgan fingerprint density at radius 3 is 2.40 bits per heavy atom. The Hall–Kier alpha value is -1.62. The predicted molar refractivity (Wildman–Crippen MR) is 104 cm³/mol. The van der Waals surface area contributed by atoms with E-state index in [0.717, 1.165) is 30.2 Å². The molecule has 136 valence electrons. The molecular formula is C21H31N3O. The SMILES string of the molecule is CC(C)C(CNCc1ccc(-c2ccccc2)o1)N1CCN(C)CC1. The van der Waals surface area contributed by atoms with Crippen molar-refractivity contribution in [1.82, 2.24) is 15.1 Å². The summed E-state index contributed by atoms with van der Waals surface area (Å²) in [5, 5.41) is 3.61. The van der Waals surface area contributed by atoms with Gasteiger partial charge in [-0.1, -0.05) is 44.2 Å². The van der Waals surface area contributed by atoms with E-state index in [1.807, 2.05) is 18.2 Å². The minimum Gasteiger partial charge on any atom is -0.460 e. The standard InChI is InChI=1S/C21H31N3O/c1-17(2)20(24-13-11-23(3)12-14-24)16-22-15-19-9-10-21(25-19)18-7-5-4-6-8-18/h4-10,17,20,22H,11-16H2,1-3H3. The zero-order valence-electron chi connectivity index (χ0n) is 15.7. The Balaban J connectivity index is 1.52. The van der Waals surface area contributed by atoms with Crippen molar-refractivity contribution in [2.24, 2.45) is 5.92 Å². The average molecular weight is 341 g/mol. The lowest BCUT2D eigenvalue weighted by atomic mass is 10.0. The second-order valence-corrected chi connectivity index (χ2v) is 7.41. The summed E-state index contributed by atoms with van der Waals surface area (Å²) in [6.45, 7) is 11.1. The number of rotatable bonds is 7. The predicted octanol–water partition coefficient (Wildman–Crippen LogP) is 3.31. The number of nitrogens with one attached hydrogen (secondary N) is 1. The molecule has 1 aromatic carbocycles. The molecular weight excluding hydrogens is 310 g/mol. The highest BCUT2D eigenvalue weighted by Gasteiger charge is 2.24. The number of hydrogen-bond acceptors (Lipinski definition) is 4. The Morgan fingerprint density at radius 1 is 1.00 bits per heavy atom. The van der Waals surface area contributed by atoms with Crippen molar-refractivity contribution >= 4 is 0 Å². The van der Waals surface area contributed by atoms with Crippen LogP contribution in [-0.4, -0.2) is 55.6 Å². The van der Waals surface area contributed by atoms with Gasteiger partial charge in [0.15, 0.2) is 0 Å². The summed E-state index contributed by atoms with van der Waals surface area (Å²) < 4.78 is 5.99. The largest absolute Gasteiger partial charge is 0.460 e. The van der Waals surface area contributed by atoms with Crippen molar-refractivity contribution in [2.75, 3.05) is 39.8 Å². The molecule has 1 aliphatic heterocycles. The third-order valence-corrected chi connectivity index (χ3v) is 5.15. The minimum absolute atomic E-state index is 0.581. The van der Waals surface area contributed by atoms with E-state index in [4.69, 9.17) is 4.42 Å². The molecule has 0 bridgehead atoms. The van der Waals surface area contributed by atoms with E-state index >= 15 is 0 Å². The van der Waals surface area contributed by atoms with Gasteiger partial charge in [-0.2, -0.15) is 0 Å². The molecule has 1 N–H and O–H groups in total. The van der Waals surface area contributed by atoms with Gasteiger partial charge in [0.25, 0.3) is 0 Å². The first-order chi connectivity index (χ1) is 12.1. The number of furan rings is 1.